The third-order valence-corrected chi connectivity index (χ3v) is 6.16. The van der Waals surface area contributed by atoms with Crippen LogP contribution in [-0.2, 0) is 22.6 Å². The van der Waals surface area contributed by atoms with Crippen LogP contribution in [0, 0.1) is 0 Å². The Morgan fingerprint density at radius 1 is 0.865 bits per heavy atom. The molecule has 3 aromatic rings. The monoisotopic (exact) mass is 500 g/mol. The maximum absolute atomic E-state index is 12.5. The van der Waals surface area contributed by atoms with E-state index in [9.17, 15) is 9.59 Å². The number of carbonyl (C=O) groups excluding carboxylic acids is 2. The quantitative estimate of drug-likeness (QED) is 0.261. The summed E-state index contributed by atoms with van der Waals surface area (Å²) in [6.45, 7) is 5.84. The summed E-state index contributed by atoms with van der Waals surface area (Å²) in [6, 6.07) is 25.3. The number of piperazine rings is 1. The Morgan fingerprint density at radius 3 is 2.16 bits per heavy atom. The fourth-order valence-corrected chi connectivity index (χ4v) is 4.08. The summed E-state index contributed by atoms with van der Waals surface area (Å²) in [5.74, 6) is -0.233. The number of hydrogen-bond acceptors (Lipinski definition) is 7. The highest BCUT2D eigenvalue weighted by Gasteiger charge is 2.17. The van der Waals surface area contributed by atoms with E-state index in [0.29, 0.717) is 11.3 Å². The van der Waals surface area contributed by atoms with E-state index in [-0.39, 0.29) is 12.5 Å². The molecule has 0 aromatic heterocycles. The molecule has 1 saturated heterocycles. The number of esters is 1. The van der Waals surface area contributed by atoms with E-state index in [1.807, 2.05) is 30.3 Å². The van der Waals surface area contributed by atoms with Gasteiger partial charge in [-0.05, 0) is 41.0 Å². The standard InChI is InChI=1S/C29H32N4O4/c1-36-28(34)22-37-27-9-5-8-25(18-27)19-30-31-29(35)26-12-10-24(11-13-26)21-33-16-14-32(15-17-33)20-23-6-3-2-4-7-23/h2-13,18-19H,14-17,20-22H2,1H3,(H,31,35)/b30-19-. The van der Waals surface area contributed by atoms with Crippen LogP contribution < -0.4 is 10.2 Å². The minimum Gasteiger partial charge on any atom is -0.482 e. The molecule has 1 N–H and O–H groups in total. The van der Waals surface area contributed by atoms with Gasteiger partial charge in [0.1, 0.15) is 5.75 Å². The Kier molecular flexibility index (Phi) is 9.40. The van der Waals surface area contributed by atoms with E-state index in [4.69, 9.17) is 4.74 Å². The molecule has 1 fully saturated rings. The first kappa shape index (κ1) is 26.1. The van der Waals surface area contributed by atoms with Crippen LogP contribution in [-0.4, -0.2) is 67.8 Å². The smallest absolute Gasteiger partial charge is 0.343 e. The molecule has 192 valence electrons. The van der Waals surface area contributed by atoms with Crippen molar-refractivity contribution in [3.63, 3.8) is 0 Å². The van der Waals surface area contributed by atoms with Gasteiger partial charge in [0.2, 0.25) is 0 Å². The summed E-state index contributed by atoms with van der Waals surface area (Å²) in [5.41, 5.74) is 6.36. The second-order valence-corrected chi connectivity index (χ2v) is 8.87. The molecule has 0 radical (unpaired) electrons. The van der Waals surface area contributed by atoms with Gasteiger partial charge in [0.15, 0.2) is 6.61 Å². The molecule has 0 saturated carbocycles. The predicted octanol–water partition coefficient (Wildman–Crippen LogP) is 3.32. The molecule has 1 amide bonds. The molecular weight excluding hydrogens is 468 g/mol. The van der Waals surface area contributed by atoms with Crippen molar-refractivity contribution in [3.05, 3.63) is 101 Å². The lowest BCUT2D eigenvalue weighted by atomic mass is 10.1. The molecule has 0 bridgehead atoms. The maximum atomic E-state index is 12.5. The van der Waals surface area contributed by atoms with E-state index in [1.165, 1.54) is 24.5 Å². The van der Waals surface area contributed by atoms with Gasteiger partial charge >= 0.3 is 5.97 Å². The lowest BCUT2D eigenvalue weighted by Gasteiger charge is -2.34. The first-order chi connectivity index (χ1) is 18.1. The predicted molar refractivity (Wildman–Crippen MR) is 142 cm³/mol. The number of amides is 1. The highest BCUT2D eigenvalue weighted by molar-refractivity contribution is 5.94. The molecular formula is C29H32N4O4. The van der Waals surface area contributed by atoms with Crippen molar-refractivity contribution < 1.29 is 19.1 Å². The average Bonchev–Trinajstić information content (AvgIpc) is 2.94. The molecule has 3 aromatic carbocycles. The molecule has 0 aliphatic carbocycles. The minimum absolute atomic E-state index is 0.172. The second-order valence-electron chi connectivity index (χ2n) is 8.87. The number of nitrogens with zero attached hydrogens (tertiary/aromatic N) is 3. The first-order valence-corrected chi connectivity index (χ1v) is 12.3. The van der Waals surface area contributed by atoms with E-state index in [0.717, 1.165) is 44.8 Å². The maximum Gasteiger partial charge on any atom is 0.343 e. The van der Waals surface area contributed by atoms with E-state index >= 15 is 0 Å². The highest BCUT2D eigenvalue weighted by atomic mass is 16.6. The van der Waals surface area contributed by atoms with Crippen molar-refractivity contribution in [1.82, 2.24) is 15.2 Å². The van der Waals surface area contributed by atoms with Crippen LogP contribution in [0.1, 0.15) is 27.0 Å². The van der Waals surface area contributed by atoms with Gasteiger partial charge in [0.05, 0.1) is 13.3 Å². The number of hydrogen-bond donors (Lipinski definition) is 1. The van der Waals surface area contributed by atoms with Gasteiger partial charge in [0.25, 0.3) is 5.91 Å². The Morgan fingerprint density at radius 2 is 1.51 bits per heavy atom. The average molecular weight is 501 g/mol. The van der Waals surface area contributed by atoms with Crippen LogP contribution >= 0.6 is 0 Å². The van der Waals surface area contributed by atoms with Crippen LogP contribution in [0.5, 0.6) is 5.75 Å². The summed E-state index contributed by atoms with van der Waals surface area (Å²) < 4.78 is 9.92. The molecule has 4 rings (SSSR count). The summed E-state index contributed by atoms with van der Waals surface area (Å²) in [4.78, 5) is 28.6. The van der Waals surface area contributed by atoms with Gasteiger partial charge < -0.3 is 9.47 Å². The van der Waals surface area contributed by atoms with Crippen molar-refractivity contribution >= 4 is 18.1 Å². The van der Waals surface area contributed by atoms with Crippen LogP contribution in [0.25, 0.3) is 0 Å². The fraction of sp³-hybridized carbons (Fsp3) is 0.276. The number of benzene rings is 3. The number of hydrazone groups is 1. The second kappa shape index (κ2) is 13.3. The van der Waals surface area contributed by atoms with Gasteiger partial charge in [-0.1, -0.05) is 54.6 Å². The topological polar surface area (TPSA) is 83.5 Å². The summed E-state index contributed by atoms with van der Waals surface area (Å²) >= 11 is 0. The van der Waals surface area contributed by atoms with Gasteiger partial charge in [-0.25, -0.2) is 10.2 Å². The molecule has 37 heavy (non-hydrogen) atoms. The zero-order chi connectivity index (χ0) is 25.9. The normalized spacial score (nSPS) is 14.4. The zero-order valence-electron chi connectivity index (χ0n) is 21.0. The molecule has 0 atom stereocenters. The summed E-state index contributed by atoms with van der Waals surface area (Å²) in [7, 11) is 1.31. The molecule has 1 heterocycles. The molecule has 0 unspecified atom stereocenters. The first-order valence-electron chi connectivity index (χ1n) is 12.3. The fourth-order valence-electron chi connectivity index (χ4n) is 4.08. The minimum atomic E-state index is -0.459. The zero-order valence-corrected chi connectivity index (χ0v) is 21.0. The number of rotatable bonds is 10. The van der Waals surface area contributed by atoms with Crippen molar-refractivity contribution in [2.75, 3.05) is 39.9 Å². The Labute approximate surface area is 217 Å². The SMILES string of the molecule is COC(=O)COc1cccc(/C=N\NC(=O)c2ccc(CN3CCN(Cc4ccccc4)CC3)cc2)c1. The van der Waals surface area contributed by atoms with Crippen molar-refractivity contribution in [2.24, 2.45) is 5.10 Å². The van der Waals surface area contributed by atoms with Crippen LogP contribution in [0.3, 0.4) is 0 Å². The number of nitrogens with one attached hydrogen (secondary N) is 1. The third kappa shape index (κ3) is 8.27. The van der Waals surface area contributed by atoms with Gasteiger partial charge in [-0.2, -0.15) is 5.10 Å². The van der Waals surface area contributed by atoms with Crippen LogP contribution in [0.15, 0.2) is 84.0 Å². The Bertz CT molecular complexity index is 1190. The summed E-state index contributed by atoms with van der Waals surface area (Å²) in [6.07, 6.45) is 1.52. The molecule has 1 aliphatic heterocycles. The van der Waals surface area contributed by atoms with Gasteiger partial charge in [-0.3, -0.25) is 14.6 Å². The third-order valence-electron chi connectivity index (χ3n) is 6.16. The Hall–Kier alpha value is -4.01. The molecule has 8 heteroatoms. The van der Waals surface area contributed by atoms with E-state index < -0.39 is 5.97 Å². The largest absolute Gasteiger partial charge is 0.482 e. The van der Waals surface area contributed by atoms with E-state index in [2.05, 4.69) is 55.4 Å². The van der Waals surface area contributed by atoms with Crippen LogP contribution in [0.2, 0.25) is 0 Å². The van der Waals surface area contributed by atoms with Gasteiger partial charge in [0, 0.05) is 44.8 Å². The van der Waals surface area contributed by atoms with E-state index in [1.54, 1.807) is 18.2 Å². The summed E-state index contributed by atoms with van der Waals surface area (Å²) in [5, 5.41) is 4.04. The number of ether oxygens (including phenoxy) is 2. The number of carbonyl (C=O) groups is 2. The van der Waals surface area contributed by atoms with Gasteiger partial charge in [-0.15, -0.1) is 0 Å². The van der Waals surface area contributed by atoms with Crippen molar-refractivity contribution in [1.29, 1.82) is 0 Å². The number of methoxy groups -OCH3 is 1. The van der Waals surface area contributed by atoms with Crippen molar-refractivity contribution in [2.45, 2.75) is 13.1 Å². The lowest BCUT2D eigenvalue weighted by molar-refractivity contribution is -0.142. The lowest BCUT2D eigenvalue weighted by Crippen LogP contribution is -2.45. The molecule has 8 nitrogen and oxygen atoms in total. The van der Waals surface area contributed by atoms with Crippen LogP contribution in [0.4, 0.5) is 0 Å². The van der Waals surface area contributed by atoms with Crippen molar-refractivity contribution in [3.8, 4) is 5.75 Å². The molecule has 1 aliphatic rings. The highest BCUT2D eigenvalue weighted by Crippen LogP contribution is 2.14. The Balaban J connectivity index is 1.21. The molecule has 0 spiro atoms.